The number of rotatable bonds is 4. The molecule has 2 unspecified atom stereocenters. The quantitative estimate of drug-likeness (QED) is 0.904. The van der Waals surface area contributed by atoms with Crippen molar-refractivity contribution in [3.63, 3.8) is 0 Å². The van der Waals surface area contributed by atoms with E-state index >= 15 is 0 Å². The molecule has 1 aromatic heterocycles. The Morgan fingerprint density at radius 2 is 2.33 bits per heavy atom. The van der Waals surface area contributed by atoms with Crippen molar-refractivity contribution < 1.29 is 0 Å². The molecule has 0 amide bonds. The van der Waals surface area contributed by atoms with Crippen LogP contribution in [0.3, 0.4) is 0 Å². The Balaban J connectivity index is 2.02. The van der Waals surface area contributed by atoms with E-state index in [0.29, 0.717) is 12.1 Å². The normalized spacial score (nSPS) is 23.3. The fourth-order valence-electron chi connectivity index (χ4n) is 2.40. The van der Waals surface area contributed by atoms with Gasteiger partial charge in [0.05, 0.1) is 0 Å². The molecule has 4 nitrogen and oxygen atoms in total. The molecule has 0 spiro atoms. The molecule has 2 atom stereocenters. The number of anilines is 1. The first-order valence-electron chi connectivity index (χ1n) is 6.77. The van der Waals surface area contributed by atoms with Crippen molar-refractivity contribution in [2.24, 2.45) is 0 Å². The molecule has 1 N–H and O–H groups in total. The Morgan fingerprint density at radius 1 is 1.56 bits per heavy atom. The topological polar surface area (TPSA) is 31.4 Å². The third-order valence-corrected chi connectivity index (χ3v) is 5.05. The van der Waals surface area contributed by atoms with E-state index in [1.54, 1.807) is 0 Å². The second-order valence-electron chi connectivity index (χ2n) is 4.98. The fourth-order valence-corrected chi connectivity index (χ4v) is 3.42. The Labute approximate surface area is 114 Å². The lowest BCUT2D eigenvalue weighted by Gasteiger charge is -2.39. The molecule has 2 heterocycles. The monoisotopic (exact) mass is 268 g/mol. The molecule has 1 aliphatic heterocycles. The number of piperazine rings is 1. The molecule has 102 valence electrons. The van der Waals surface area contributed by atoms with Gasteiger partial charge in [0, 0.05) is 42.8 Å². The molecule has 0 saturated carbocycles. The molecule has 5 heteroatoms. The van der Waals surface area contributed by atoms with Crippen molar-refractivity contribution in [2.75, 3.05) is 38.1 Å². The van der Waals surface area contributed by atoms with Crippen LogP contribution in [0.4, 0.5) is 5.13 Å². The van der Waals surface area contributed by atoms with Gasteiger partial charge in [-0.15, -0.1) is 11.3 Å². The van der Waals surface area contributed by atoms with E-state index in [4.69, 9.17) is 0 Å². The first-order valence-corrected chi connectivity index (χ1v) is 7.59. The summed E-state index contributed by atoms with van der Waals surface area (Å²) < 4.78 is 0. The molecule has 1 aromatic rings. The van der Waals surface area contributed by atoms with Crippen molar-refractivity contribution >= 4 is 16.5 Å². The van der Waals surface area contributed by atoms with E-state index in [-0.39, 0.29) is 0 Å². The Bertz CT molecular complexity index is 379. The summed E-state index contributed by atoms with van der Waals surface area (Å²) in [6.45, 7) is 11.2. The average Bonchev–Trinajstić information content (AvgIpc) is 2.87. The number of aromatic nitrogens is 1. The van der Waals surface area contributed by atoms with Gasteiger partial charge in [-0.1, -0.05) is 6.92 Å². The van der Waals surface area contributed by atoms with Gasteiger partial charge in [-0.3, -0.25) is 4.90 Å². The number of nitrogens with one attached hydrogen (secondary N) is 1. The maximum atomic E-state index is 4.58. The highest BCUT2D eigenvalue weighted by atomic mass is 32.1. The minimum atomic E-state index is 0.394. The summed E-state index contributed by atoms with van der Waals surface area (Å²) in [5.74, 6) is 0. The molecule has 0 radical (unpaired) electrons. The second-order valence-corrected chi connectivity index (χ2v) is 6.02. The molecule has 1 aliphatic rings. The van der Waals surface area contributed by atoms with E-state index in [1.807, 2.05) is 24.6 Å². The Hall–Kier alpha value is -0.650. The predicted molar refractivity (Wildman–Crippen MR) is 78.5 cm³/mol. The van der Waals surface area contributed by atoms with E-state index in [2.05, 4.69) is 40.9 Å². The summed E-state index contributed by atoms with van der Waals surface area (Å²) in [4.78, 5) is 10.9. The van der Waals surface area contributed by atoms with Crippen LogP contribution in [-0.2, 0) is 0 Å². The average molecular weight is 268 g/mol. The summed E-state index contributed by atoms with van der Waals surface area (Å²) in [7, 11) is 1.99. The summed E-state index contributed by atoms with van der Waals surface area (Å²) in [5.41, 5.74) is 0. The molecule has 18 heavy (non-hydrogen) atoms. The van der Waals surface area contributed by atoms with E-state index < -0.39 is 0 Å². The van der Waals surface area contributed by atoms with E-state index in [0.717, 1.165) is 26.2 Å². The van der Waals surface area contributed by atoms with Crippen LogP contribution >= 0.6 is 11.3 Å². The number of thiazole rings is 1. The molecule has 1 saturated heterocycles. The van der Waals surface area contributed by atoms with Gasteiger partial charge in [-0.2, -0.15) is 0 Å². The predicted octanol–water partition coefficient (Wildman–Crippen LogP) is 1.95. The highest BCUT2D eigenvalue weighted by Gasteiger charge is 2.24. The first-order chi connectivity index (χ1) is 8.65. The van der Waals surface area contributed by atoms with Gasteiger partial charge in [0.1, 0.15) is 0 Å². The van der Waals surface area contributed by atoms with Crippen molar-refractivity contribution in [1.82, 2.24) is 15.2 Å². The maximum absolute atomic E-state index is 4.58. The molecule has 2 rings (SSSR count). The van der Waals surface area contributed by atoms with Crippen molar-refractivity contribution in [3.05, 3.63) is 11.1 Å². The third-order valence-electron chi connectivity index (χ3n) is 3.81. The fraction of sp³-hybridized carbons (Fsp3) is 0.769. The lowest BCUT2D eigenvalue weighted by molar-refractivity contribution is 0.199. The standard InChI is InChI=1S/C13H24N4S/c1-5-16-6-7-17(9-10(16)2)13-15-8-12(18-13)11(3)14-4/h8,10-11,14H,5-7,9H2,1-4H3. The number of likely N-dealkylation sites (N-methyl/N-ethyl adjacent to an activating group) is 1. The third kappa shape index (κ3) is 2.84. The van der Waals surface area contributed by atoms with Crippen LogP contribution in [0.1, 0.15) is 31.7 Å². The number of nitrogens with zero attached hydrogens (tertiary/aromatic N) is 3. The van der Waals surface area contributed by atoms with Crippen LogP contribution in [0.15, 0.2) is 6.20 Å². The summed E-state index contributed by atoms with van der Waals surface area (Å²) in [6, 6.07) is 1.02. The van der Waals surface area contributed by atoms with Gasteiger partial charge in [-0.05, 0) is 27.4 Å². The van der Waals surface area contributed by atoms with Crippen LogP contribution in [0.5, 0.6) is 0 Å². The molecular formula is C13H24N4S. The van der Waals surface area contributed by atoms with E-state index in [9.17, 15) is 0 Å². The van der Waals surface area contributed by atoms with Crippen molar-refractivity contribution in [3.8, 4) is 0 Å². The number of hydrogen-bond donors (Lipinski definition) is 1. The zero-order valence-corrected chi connectivity index (χ0v) is 12.6. The highest BCUT2D eigenvalue weighted by Crippen LogP contribution is 2.28. The lowest BCUT2D eigenvalue weighted by Crippen LogP contribution is -2.51. The smallest absolute Gasteiger partial charge is 0.185 e. The van der Waals surface area contributed by atoms with Gasteiger partial charge >= 0.3 is 0 Å². The van der Waals surface area contributed by atoms with Crippen LogP contribution in [0.25, 0.3) is 0 Å². The van der Waals surface area contributed by atoms with Gasteiger partial charge < -0.3 is 10.2 Å². The van der Waals surface area contributed by atoms with E-state index in [1.165, 1.54) is 10.0 Å². The zero-order valence-electron chi connectivity index (χ0n) is 11.8. The first kappa shape index (κ1) is 13.8. The Morgan fingerprint density at radius 3 is 2.94 bits per heavy atom. The molecular weight excluding hydrogens is 244 g/mol. The van der Waals surface area contributed by atoms with Crippen molar-refractivity contribution in [2.45, 2.75) is 32.9 Å². The van der Waals surface area contributed by atoms with Crippen LogP contribution in [-0.4, -0.2) is 49.2 Å². The zero-order chi connectivity index (χ0) is 13.1. The van der Waals surface area contributed by atoms with Crippen LogP contribution in [0, 0.1) is 0 Å². The minimum Gasteiger partial charge on any atom is -0.345 e. The maximum Gasteiger partial charge on any atom is 0.185 e. The largest absolute Gasteiger partial charge is 0.345 e. The molecule has 1 fully saturated rings. The number of hydrogen-bond acceptors (Lipinski definition) is 5. The van der Waals surface area contributed by atoms with Gasteiger partial charge in [-0.25, -0.2) is 4.98 Å². The summed E-state index contributed by atoms with van der Waals surface area (Å²) in [5, 5.41) is 4.44. The molecule has 0 bridgehead atoms. The highest BCUT2D eigenvalue weighted by molar-refractivity contribution is 7.15. The Kier molecular flexibility index (Phi) is 4.59. The second kappa shape index (κ2) is 5.99. The molecule has 0 aromatic carbocycles. The van der Waals surface area contributed by atoms with Crippen LogP contribution in [0.2, 0.25) is 0 Å². The SMILES string of the molecule is CCN1CCN(c2ncc(C(C)NC)s2)CC1C. The lowest BCUT2D eigenvalue weighted by atomic mass is 10.2. The summed E-state index contributed by atoms with van der Waals surface area (Å²) >= 11 is 1.82. The van der Waals surface area contributed by atoms with Crippen LogP contribution < -0.4 is 10.2 Å². The van der Waals surface area contributed by atoms with Gasteiger partial charge in [0.15, 0.2) is 5.13 Å². The van der Waals surface area contributed by atoms with Gasteiger partial charge in [0.25, 0.3) is 0 Å². The summed E-state index contributed by atoms with van der Waals surface area (Å²) in [6.07, 6.45) is 2.01. The molecule has 0 aliphatic carbocycles. The van der Waals surface area contributed by atoms with Crippen molar-refractivity contribution in [1.29, 1.82) is 0 Å². The van der Waals surface area contributed by atoms with Gasteiger partial charge in [0.2, 0.25) is 0 Å². The minimum absolute atomic E-state index is 0.394.